The smallest absolute Gasteiger partial charge is 0.269 e. The average molecular weight is 378 g/mol. The molecule has 0 fully saturated rings. The molecule has 0 aliphatic heterocycles. The summed E-state index contributed by atoms with van der Waals surface area (Å²) in [5.74, 6) is 0.0591. The fraction of sp³-hybridized carbons (Fsp3) is 0.318. The Kier molecular flexibility index (Phi) is 6.42. The van der Waals surface area contributed by atoms with Crippen molar-refractivity contribution in [3.63, 3.8) is 0 Å². The number of aromatic amines is 1. The van der Waals surface area contributed by atoms with E-state index in [1.54, 1.807) is 6.07 Å². The van der Waals surface area contributed by atoms with Gasteiger partial charge >= 0.3 is 0 Å². The molecule has 2 amide bonds. The van der Waals surface area contributed by atoms with Gasteiger partial charge < -0.3 is 15.6 Å². The lowest BCUT2D eigenvalue weighted by molar-refractivity contribution is 0.0949. The van der Waals surface area contributed by atoms with E-state index < -0.39 is 0 Å². The maximum atomic E-state index is 12.4. The summed E-state index contributed by atoms with van der Waals surface area (Å²) in [4.78, 5) is 32.0. The molecule has 3 rings (SSSR count). The van der Waals surface area contributed by atoms with Crippen molar-refractivity contribution in [2.24, 2.45) is 5.92 Å². The highest BCUT2D eigenvalue weighted by molar-refractivity contribution is 5.98. The van der Waals surface area contributed by atoms with Gasteiger partial charge in [0.2, 0.25) is 0 Å². The van der Waals surface area contributed by atoms with Gasteiger partial charge in [0, 0.05) is 41.9 Å². The number of hydrogen-bond acceptors (Lipinski definition) is 3. The van der Waals surface area contributed by atoms with Crippen LogP contribution in [0, 0.1) is 5.92 Å². The molecule has 0 aliphatic carbocycles. The van der Waals surface area contributed by atoms with Gasteiger partial charge in [-0.25, -0.2) is 0 Å². The summed E-state index contributed by atoms with van der Waals surface area (Å²) in [6.07, 6.45) is 5.09. The van der Waals surface area contributed by atoms with Crippen molar-refractivity contribution in [1.82, 2.24) is 20.6 Å². The van der Waals surface area contributed by atoms with Crippen LogP contribution in [0.15, 0.2) is 48.8 Å². The van der Waals surface area contributed by atoms with Crippen LogP contribution in [-0.4, -0.2) is 34.9 Å². The molecule has 0 atom stereocenters. The van der Waals surface area contributed by atoms with Crippen LogP contribution in [0.3, 0.4) is 0 Å². The largest absolute Gasteiger partial charge is 0.361 e. The van der Waals surface area contributed by atoms with Gasteiger partial charge in [0.15, 0.2) is 0 Å². The number of pyridine rings is 1. The molecule has 6 heteroatoms. The number of fused-ring (bicyclic) bond motifs is 1. The predicted molar refractivity (Wildman–Crippen MR) is 110 cm³/mol. The maximum Gasteiger partial charge on any atom is 0.269 e. The second kappa shape index (κ2) is 9.17. The highest BCUT2D eigenvalue weighted by Crippen LogP contribution is 2.17. The maximum absolute atomic E-state index is 12.4. The minimum absolute atomic E-state index is 0.184. The van der Waals surface area contributed by atoms with Crippen molar-refractivity contribution in [1.29, 1.82) is 0 Å². The summed E-state index contributed by atoms with van der Waals surface area (Å²) in [6.45, 7) is 5.33. The van der Waals surface area contributed by atoms with Crippen LogP contribution >= 0.6 is 0 Å². The summed E-state index contributed by atoms with van der Waals surface area (Å²) < 4.78 is 0. The minimum atomic E-state index is -0.281. The highest BCUT2D eigenvalue weighted by Gasteiger charge is 2.12. The number of nitrogens with zero attached hydrogens (tertiary/aromatic N) is 1. The summed E-state index contributed by atoms with van der Waals surface area (Å²) in [5, 5.41) is 6.91. The fourth-order valence-corrected chi connectivity index (χ4v) is 3.01. The molecule has 28 heavy (non-hydrogen) atoms. The van der Waals surface area contributed by atoms with Gasteiger partial charge in [0.05, 0.1) is 0 Å². The van der Waals surface area contributed by atoms with Crippen LogP contribution < -0.4 is 10.6 Å². The van der Waals surface area contributed by atoms with Gasteiger partial charge in [-0.2, -0.15) is 0 Å². The Morgan fingerprint density at radius 1 is 1.07 bits per heavy atom. The van der Waals surface area contributed by atoms with E-state index in [0.29, 0.717) is 31.0 Å². The molecule has 0 bridgehead atoms. The minimum Gasteiger partial charge on any atom is -0.361 e. The number of hydrogen-bond donors (Lipinski definition) is 3. The third kappa shape index (κ3) is 4.97. The van der Waals surface area contributed by atoms with E-state index in [1.165, 1.54) is 12.3 Å². The van der Waals surface area contributed by atoms with Crippen LogP contribution in [0.25, 0.3) is 10.9 Å². The molecule has 2 heterocycles. The molecule has 6 nitrogen and oxygen atoms in total. The van der Waals surface area contributed by atoms with E-state index in [0.717, 1.165) is 22.9 Å². The lowest BCUT2D eigenvalue weighted by Crippen LogP contribution is -2.28. The van der Waals surface area contributed by atoms with Crippen LogP contribution in [-0.2, 0) is 6.42 Å². The Hall–Kier alpha value is -3.15. The second-order valence-corrected chi connectivity index (χ2v) is 7.23. The van der Waals surface area contributed by atoms with Gasteiger partial charge in [0.25, 0.3) is 11.8 Å². The first-order chi connectivity index (χ1) is 13.5. The highest BCUT2D eigenvalue weighted by atomic mass is 16.2. The SMILES string of the molecule is CC(C)CCNC(=O)c1ccnc(C(=O)NCCc2c[nH]c3ccccc23)c1. The molecular formula is C22H26N4O2. The zero-order valence-electron chi connectivity index (χ0n) is 16.3. The molecule has 3 aromatic rings. The Balaban J connectivity index is 1.55. The number of carbonyl (C=O) groups excluding carboxylic acids is 2. The topological polar surface area (TPSA) is 86.9 Å². The molecule has 0 saturated carbocycles. The van der Waals surface area contributed by atoms with Crippen LogP contribution in [0.5, 0.6) is 0 Å². The summed E-state index contributed by atoms with van der Waals surface area (Å²) in [7, 11) is 0. The molecule has 0 unspecified atom stereocenters. The first kappa shape index (κ1) is 19.6. The quantitative estimate of drug-likeness (QED) is 0.562. The monoisotopic (exact) mass is 378 g/mol. The van der Waals surface area contributed by atoms with Crippen molar-refractivity contribution in [3.8, 4) is 0 Å². The Labute approximate surface area is 164 Å². The molecule has 1 aromatic carbocycles. The van der Waals surface area contributed by atoms with Gasteiger partial charge in [-0.3, -0.25) is 14.6 Å². The third-order valence-electron chi connectivity index (χ3n) is 4.62. The van der Waals surface area contributed by atoms with Gasteiger partial charge in [-0.15, -0.1) is 0 Å². The molecule has 146 valence electrons. The number of amides is 2. The zero-order valence-corrected chi connectivity index (χ0v) is 16.3. The van der Waals surface area contributed by atoms with Crippen molar-refractivity contribution >= 4 is 22.7 Å². The van der Waals surface area contributed by atoms with Gasteiger partial charge in [0.1, 0.15) is 5.69 Å². The molecule has 3 N–H and O–H groups in total. The summed E-state index contributed by atoms with van der Waals surface area (Å²) >= 11 is 0. The Morgan fingerprint density at radius 3 is 2.68 bits per heavy atom. The van der Waals surface area contributed by atoms with Crippen molar-refractivity contribution in [2.45, 2.75) is 26.7 Å². The number of nitrogens with one attached hydrogen (secondary N) is 3. The van der Waals surface area contributed by atoms with Crippen LogP contribution in [0.2, 0.25) is 0 Å². The van der Waals surface area contributed by atoms with E-state index in [9.17, 15) is 9.59 Å². The number of carbonyl (C=O) groups is 2. The summed E-state index contributed by atoms with van der Waals surface area (Å²) in [6, 6.07) is 11.2. The normalized spacial score (nSPS) is 11.0. The van der Waals surface area contributed by atoms with Gasteiger partial charge in [-0.05, 0) is 42.5 Å². The third-order valence-corrected chi connectivity index (χ3v) is 4.62. The number of benzene rings is 1. The van der Waals surface area contributed by atoms with E-state index in [-0.39, 0.29) is 17.5 Å². The number of aromatic nitrogens is 2. The van der Waals surface area contributed by atoms with E-state index in [1.807, 2.05) is 24.4 Å². The van der Waals surface area contributed by atoms with Crippen LogP contribution in [0.4, 0.5) is 0 Å². The molecule has 2 aromatic heterocycles. The Bertz CT molecular complexity index is 962. The van der Waals surface area contributed by atoms with E-state index in [4.69, 9.17) is 0 Å². The Morgan fingerprint density at radius 2 is 1.86 bits per heavy atom. The second-order valence-electron chi connectivity index (χ2n) is 7.23. The van der Waals surface area contributed by atoms with E-state index in [2.05, 4.69) is 40.5 Å². The van der Waals surface area contributed by atoms with Crippen LogP contribution in [0.1, 0.15) is 46.7 Å². The average Bonchev–Trinajstić information content (AvgIpc) is 3.11. The summed E-state index contributed by atoms with van der Waals surface area (Å²) in [5.41, 5.74) is 2.93. The number of H-pyrrole nitrogens is 1. The molecule has 0 spiro atoms. The first-order valence-corrected chi connectivity index (χ1v) is 9.62. The molecule has 0 saturated heterocycles. The standard InChI is InChI=1S/C22H26N4O2/c1-15(2)7-10-24-21(27)16-8-11-23-20(13-16)22(28)25-12-9-17-14-26-19-6-4-3-5-18(17)19/h3-6,8,11,13-15,26H,7,9-10,12H2,1-2H3,(H,24,27)(H,25,28). The lowest BCUT2D eigenvalue weighted by atomic mass is 10.1. The van der Waals surface area contributed by atoms with Crippen molar-refractivity contribution < 1.29 is 9.59 Å². The fourth-order valence-electron chi connectivity index (χ4n) is 3.01. The number of rotatable bonds is 8. The van der Waals surface area contributed by atoms with Crippen molar-refractivity contribution in [2.75, 3.05) is 13.1 Å². The number of para-hydroxylation sites is 1. The van der Waals surface area contributed by atoms with Crippen molar-refractivity contribution in [3.05, 3.63) is 65.6 Å². The zero-order chi connectivity index (χ0) is 19.9. The van der Waals surface area contributed by atoms with E-state index >= 15 is 0 Å². The predicted octanol–water partition coefficient (Wildman–Crippen LogP) is 3.31. The molecular weight excluding hydrogens is 352 g/mol. The lowest BCUT2D eigenvalue weighted by Gasteiger charge is -2.08. The molecule has 0 aliphatic rings. The molecule has 0 radical (unpaired) electrons. The van der Waals surface area contributed by atoms with Gasteiger partial charge in [-0.1, -0.05) is 32.0 Å². The first-order valence-electron chi connectivity index (χ1n) is 9.62.